The van der Waals surface area contributed by atoms with Crippen LogP contribution in [0.5, 0.6) is 0 Å². The Balaban J connectivity index is 3.18. The highest BCUT2D eigenvalue weighted by molar-refractivity contribution is 7.89. The van der Waals surface area contributed by atoms with Crippen molar-refractivity contribution < 1.29 is 18.4 Å². The first-order chi connectivity index (χ1) is 8.27. The monoisotopic (exact) mass is 274 g/mol. The Morgan fingerprint density at radius 3 is 2.61 bits per heavy atom. The Morgan fingerprint density at radius 2 is 2.11 bits per heavy atom. The van der Waals surface area contributed by atoms with Gasteiger partial charge in [0.05, 0.1) is 16.4 Å². The van der Waals surface area contributed by atoms with E-state index in [0.717, 1.165) is 6.07 Å². The van der Waals surface area contributed by atoms with Gasteiger partial charge in [0, 0.05) is 17.7 Å². The van der Waals surface area contributed by atoms with Crippen molar-refractivity contribution in [3.63, 3.8) is 0 Å². The summed E-state index contributed by atoms with van der Waals surface area (Å²) in [5, 5.41) is 19.5. The Hall–Kier alpha value is -1.51. The van der Waals surface area contributed by atoms with Gasteiger partial charge in [-0.15, -0.1) is 0 Å². The zero-order valence-electron chi connectivity index (χ0n) is 9.95. The molecule has 0 aromatic heterocycles. The molecule has 7 nitrogen and oxygen atoms in total. The van der Waals surface area contributed by atoms with Gasteiger partial charge in [-0.3, -0.25) is 10.1 Å². The van der Waals surface area contributed by atoms with Crippen molar-refractivity contribution in [1.82, 2.24) is 4.72 Å². The molecular formula is C10H14N2O5S. The second kappa shape index (κ2) is 5.42. The highest BCUT2D eigenvalue weighted by Gasteiger charge is 2.21. The van der Waals surface area contributed by atoms with Crippen LogP contribution in [0, 0.1) is 17.0 Å². The summed E-state index contributed by atoms with van der Waals surface area (Å²) in [5.41, 5.74) is 0.128. The second-order valence-corrected chi connectivity index (χ2v) is 5.62. The van der Waals surface area contributed by atoms with Gasteiger partial charge in [0.15, 0.2) is 0 Å². The number of rotatable bonds is 5. The molecule has 1 aromatic rings. The summed E-state index contributed by atoms with van der Waals surface area (Å²) in [7, 11) is -3.86. The molecule has 0 aliphatic rings. The number of aliphatic hydroxyl groups is 1. The van der Waals surface area contributed by atoms with Crippen molar-refractivity contribution in [2.24, 2.45) is 0 Å². The van der Waals surface area contributed by atoms with E-state index in [4.69, 9.17) is 5.11 Å². The fraction of sp³-hybridized carbons (Fsp3) is 0.400. The van der Waals surface area contributed by atoms with Crippen LogP contribution < -0.4 is 4.72 Å². The van der Waals surface area contributed by atoms with Gasteiger partial charge in [-0.05, 0) is 19.9 Å². The first kappa shape index (κ1) is 14.6. The summed E-state index contributed by atoms with van der Waals surface area (Å²) in [5.74, 6) is 0. The number of nitrogens with zero attached hydrogens (tertiary/aromatic N) is 1. The molecule has 18 heavy (non-hydrogen) atoms. The summed E-state index contributed by atoms with van der Waals surface area (Å²) in [6.07, 6.45) is 0. The lowest BCUT2D eigenvalue weighted by Gasteiger charge is -2.11. The van der Waals surface area contributed by atoms with Crippen LogP contribution in [0.4, 0.5) is 5.69 Å². The third-order valence-corrected chi connectivity index (χ3v) is 3.91. The summed E-state index contributed by atoms with van der Waals surface area (Å²) in [4.78, 5) is 9.90. The number of hydrogen-bond donors (Lipinski definition) is 2. The van der Waals surface area contributed by atoms with Gasteiger partial charge in [0.1, 0.15) is 0 Å². The van der Waals surface area contributed by atoms with Crippen molar-refractivity contribution in [3.05, 3.63) is 33.9 Å². The molecule has 0 saturated carbocycles. The minimum absolute atomic E-state index is 0.194. The lowest BCUT2D eigenvalue weighted by atomic mass is 10.2. The van der Waals surface area contributed by atoms with Crippen molar-refractivity contribution in [1.29, 1.82) is 0 Å². The number of aliphatic hydroxyl groups excluding tert-OH is 1. The number of benzene rings is 1. The van der Waals surface area contributed by atoms with Crippen LogP contribution in [0.2, 0.25) is 0 Å². The fourth-order valence-corrected chi connectivity index (χ4v) is 2.58. The quantitative estimate of drug-likeness (QED) is 0.602. The molecule has 0 bridgehead atoms. The maximum absolute atomic E-state index is 11.8. The molecule has 8 heteroatoms. The Labute approximate surface area is 105 Å². The van der Waals surface area contributed by atoms with Gasteiger partial charge in [0.2, 0.25) is 10.0 Å². The van der Waals surface area contributed by atoms with Gasteiger partial charge < -0.3 is 5.11 Å². The number of nitrogens with one attached hydrogen (secondary N) is 1. The standard InChI is InChI=1S/C10H14N2O5S/c1-7-3-4-9(5-10(7)12(14)15)18(16,17)11-8(2)6-13/h3-5,8,11,13H,6H2,1-2H3. The minimum Gasteiger partial charge on any atom is -0.395 e. The third kappa shape index (κ3) is 3.25. The first-order valence-electron chi connectivity index (χ1n) is 5.16. The van der Waals surface area contributed by atoms with Gasteiger partial charge in [-0.2, -0.15) is 0 Å². The summed E-state index contributed by atoms with van der Waals surface area (Å²) in [6.45, 7) is 2.66. The van der Waals surface area contributed by atoms with Crippen molar-refractivity contribution >= 4 is 15.7 Å². The van der Waals surface area contributed by atoms with E-state index in [1.54, 1.807) is 0 Å². The zero-order chi connectivity index (χ0) is 13.9. The Kier molecular flexibility index (Phi) is 4.38. The molecule has 0 aliphatic heterocycles. The number of nitro groups is 1. The molecule has 1 atom stereocenters. The topological polar surface area (TPSA) is 110 Å². The van der Waals surface area contributed by atoms with Crippen LogP contribution >= 0.6 is 0 Å². The summed E-state index contributed by atoms with van der Waals surface area (Å²) in [6, 6.07) is 3.00. The Morgan fingerprint density at radius 1 is 1.50 bits per heavy atom. The number of sulfonamides is 1. The molecule has 1 aromatic carbocycles. The van der Waals surface area contributed by atoms with Crippen LogP contribution in [0.25, 0.3) is 0 Å². The highest BCUT2D eigenvalue weighted by atomic mass is 32.2. The van der Waals surface area contributed by atoms with E-state index in [0.29, 0.717) is 5.56 Å². The smallest absolute Gasteiger partial charge is 0.273 e. The van der Waals surface area contributed by atoms with Gasteiger partial charge >= 0.3 is 0 Å². The van der Waals surface area contributed by atoms with Crippen LogP contribution in [-0.2, 0) is 10.0 Å². The van der Waals surface area contributed by atoms with E-state index in [9.17, 15) is 18.5 Å². The highest BCUT2D eigenvalue weighted by Crippen LogP contribution is 2.22. The van der Waals surface area contributed by atoms with E-state index in [-0.39, 0.29) is 17.2 Å². The maximum Gasteiger partial charge on any atom is 0.273 e. The van der Waals surface area contributed by atoms with E-state index in [1.165, 1.54) is 26.0 Å². The van der Waals surface area contributed by atoms with E-state index in [2.05, 4.69) is 4.72 Å². The van der Waals surface area contributed by atoms with Crippen molar-refractivity contribution in [2.45, 2.75) is 24.8 Å². The maximum atomic E-state index is 11.8. The lowest BCUT2D eigenvalue weighted by molar-refractivity contribution is -0.385. The summed E-state index contributed by atoms with van der Waals surface area (Å²) >= 11 is 0. The van der Waals surface area contributed by atoms with Crippen LogP contribution in [0.3, 0.4) is 0 Å². The van der Waals surface area contributed by atoms with Gasteiger partial charge in [0.25, 0.3) is 5.69 Å². The van der Waals surface area contributed by atoms with E-state index < -0.39 is 21.0 Å². The SMILES string of the molecule is Cc1ccc(S(=O)(=O)NC(C)CO)cc1[N+](=O)[O-]. The molecule has 0 fully saturated rings. The van der Waals surface area contributed by atoms with Gasteiger partial charge in [-0.1, -0.05) is 6.07 Å². The van der Waals surface area contributed by atoms with E-state index in [1.807, 2.05) is 0 Å². The molecule has 0 radical (unpaired) electrons. The number of nitro benzene ring substituents is 1. The molecule has 2 N–H and O–H groups in total. The molecule has 0 spiro atoms. The first-order valence-corrected chi connectivity index (χ1v) is 6.64. The second-order valence-electron chi connectivity index (χ2n) is 3.91. The molecule has 0 aliphatic carbocycles. The van der Waals surface area contributed by atoms with Crippen molar-refractivity contribution in [3.8, 4) is 0 Å². The van der Waals surface area contributed by atoms with Crippen LogP contribution in [0.15, 0.2) is 23.1 Å². The fourth-order valence-electron chi connectivity index (χ4n) is 1.32. The third-order valence-electron chi connectivity index (χ3n) is 2.32. The average Bonchev–Trinajstić information content (AvgIpc) is 2.28. The van der Waals surface area contributed by atoms with Crippen LogP contribution in [0.1, 0.15) is 12.5 Å². The molecule has 1 unspecified atom stereocenters. The molecule has 1 rings (SSSR count). The Bertz CT molecular complexity index is 555. The predicted molar refractivity (Wildman–Crippen MR) is 64.7 cm³/mol. The average molecular weight is 274 g/mol. The summed E-state index contributed by atoms with van der Waals surface area (Å²) < 4.78 is 25.9. The molecule has 0 saturated heterocycles. The number of hydrogen-bond acceptors (Lipinski definition) is 5. The molecular weight excluding hydrogens is 260 g/mol. The zero-order valence-corrected chi connectivity index (χ0v) is 10.8. The minimum atomic E-state index is -3.86. The number of aryl methyl sites for hydroxylation is 1. The molecule has 100 valence electrons. The lowest BCUT2D eigenvalue weighted by Crippen LogP contribution is -2.35. The predicted octanol–water partition coefficient (Wildman–Crippen LogP) is 0.562. The van der Waals surface area contributed by atoms with E-state index >= 15 is 0 Å². The molecule has 0 amide bonds. The normalized spacial score (nSPS) is 13.3. The van der Waals surface area contributed by atoms with Crippen molar-refractivity contribution in [2.75, 3.05) is 6.61 Å². The molecule has 0 heterocycles. The largest absolute Gasteiger partial charge is 0.395 e. The van der Waals surface area contributed by atoms with Gasteiger partial charge in [-0.25, -0.2) is 13.1 Å². The van der Waals surface area contributed by atoms with Crippen LogP contribution in [-0.4, -0.2) is 31.1 Å².